The van der Waals surface area contributed by atoms with Gasteiger partial charge in [-0.3, -0.25) is 4.98 Å². The van der Waals surface area contributed by atoms with Gasteiger partial charge in [0.15, 0.2) is 0 Å². The lowest BCUT2D eigenvalue weighted by Crippen LogP contribution is -2.38. The minimum atomic E-state index is -0.161. The fraction of sp³-hybridized carbons (Fsp3) is 0.550. The topological polar surface area (TPSA) is 71.4 Å². The van der Waals surface area contributed by atoms with Crippen LogP contribution in [0.1, 0.15) is 48.8 Å². The van der Waals surface area contributed by atoms with Crippen LogP contribution >= 0.6 is 0 Å². The number of pyridine rings is 1. The number of rotatable bonds is 5. The lowest BCUT2D eigenvalue weighted by atomic mass is 9.80. The molecule has 0 aromatic carbocycles. The Kier molecular flexibility index (Phi) is 5.13. The van der Waals surface area contributed by atoms with E-state index in [1.165, 1.54) is 0 Å². The zero-order valence-electron chi connectivity index (χ0n) is 15.2. The Morgan fingerprint density at radius 3 is 2.69 bits per heavy atom. The SMILES string of the molecule is Cc1nc(C2CC(O)C2)cc(N2CCC(OCc3ccccn3)CC2)n1. The summed E-state index contributed by atoms with van der Waals surface area (Å²) in [6, 6.07) is 8.02. The molecule has 1 N–H and O–H groups in total. The van der Waals surface area contributed by atoms with Crippen molar-refractivity contribution in [2.45, 2.75) is 57.3 Å². The summed E-state index contributed by atoms with van der Waals surface area (Å²) in [7, 11) is 0. The summed E-state index contributed by atoms with van der Waals surface area (Å²) in [5.74, 6) is 2.20. The number of nitrogens with zero attached hydrogens (tertiary/aromatic N) is 4. The van der Waals surface area contributed by atoms with Gasteiger partial charge in [-0.2, -0.15) is 0 Å². The highest BCUT2D eigenvalue weighted by Gasteiger charge is 2.31. The first-order valence-electron chi connectivity index (χ1n) is 9.47. The molecule has 0 radical (unpaired) electrons. The second-order valence-electron chi connectivity index (χ2n) is 7.34. The summed E-state index contributed by atoms with van der Waals surface area (Å²) in [4.78, 5) is 15.9. The summed E-state index contributed by atoms with van der Waals surface area (Å²) in [6.07, 6.45) is 5.54. The van der Waals surface area contributed by atoms with Gasteiger partial charge in [-0.05, 0) is 44.7 Å². The third-order valence-corrected chi connectivity index (χ3v) is 5.33. The van der Waals surface area contributed by atoms with Crippen molar-refractivity contribution in [1.29, 1.82) is 0 Å². The van der Waals surface area contributed by atoms with E-state index in [0.717, 1.165) is 61.8 Å². The third-order valence-electron chi connectivity index (χ3n) is 5.33. The molecule has 2 fully saturated rings. The molecular weight excluding hydrogens is 328 g/mol. The molecule has 4 rings (SSSR count). The van der Waals surface area contributed by atoms with E-state index in [-0.39, 0.29) is 12.2 Å². The molecule has 138 valence electrons. The lowest BCUT2D eigenvalue weighted by molar-refractivity contribution is 0.0233. The molecule has 6 nitrogen and oxygen atoms in total. The van der Waals surface area contributed by atoms with Gasteiger partial charge in [0.2, 0.25) is 0 Å². The second kappa shape index (κ2) is 7.68. The molecule has 2 aromatic heterocycles. The highest BCUT2D eigenvalue weighted by Crippen LogP contribution is 2.36. The standard InChI is InChI=1S/C20H26N4O2/c1-14-22-19(15-10-17(25)11-15)12-20(23-14)24-8-5-18(6-9-24)26-13-16-4-2-3-7-21-16/h2-4,7,12,15,17-18,25H,5-6,8-11,13H2,1H3. The fourth-order valence-corrected chi connectivity index (χ4v) is 3.71. The Balaban J connectivity index is 1.33. The second-order valence-corrected chi connectivity index (χ2v) is 7.34. The van der Waals surface area contributed by atoms with Gasteiger partial charge in [-0.25, -0.2) is 9.97 Å². The van der Waals surface area contributed by atoms with Crippen LogP contribution in [-0.2, 0) is 11.3 Å². The summed E-state index contributed by atoms with van der Waals surface area (Å²) in [5, 5.41) is 9.56. The maximum atomic E-state index is 9.56. The lowest BCUT2D eigenvalue weighted by Gasteiger charge is -2.34. The number of aliphatic hydroxyl groups is 1. The maximum absolute atomic E-state index is 9.56. The summed E-state index contributed by atoms with van der Waals surface area (Å²) in [5.41, 5.74) is 2.06. The van der Waals surface area contributed by atoms with E-state index in [4.69, 9.17) is 4.74 Å². The molecule has 26 heavy (non-hydrogen) atoms. The zero-order valence-corrected chi connectivity index (χ0v) is 15.2. The van der Waals surface area contributed by atoms with Gasteiger partial charge in [-0.15, -0.1) is 0 Å². The van der Waals surface area contributed by atoms with Crippen LogP contribution in [0, 0.1) is 6.92 Å². The van der Waals surface area contributed by atoms with Gasteiger partial charge in [0.25, 0.3) is 0 Å². The van der Waals surface area contributed by atoms with E-state index in [1.54, 1.807) is 6.20 Å². The average Bonchev–Trinajstić information content (AvgIpc) is 2.64. The van der Waals surface area contributed by atoms with Crippen molar-refractivity contribution in [2.24, 2.45) is 0 Å². The number of ether oxygens (including phenoxy) is 1. The van der Waals surface area contributed by atoms with E-state index >= 15 is 0 Å². The van der Waals surface area contributed by atoms with Crippen molar-refractivity contribution in [1.82, 2.24) is 15.0 Å². The Morgan fingerprint density at radius 1 is 1.19 bits per heavy atom. The van der Waals surface area contributed by atoms with Crippen LogP contribution < -0.4 is 4.90 Å². The minimum absolute atomic E-state index is 0.161. The molecule has 1 saturated heterocycles. The Hall–Kier alpha value is -2.05. The number of aliphatic hydroxyl groups excluding tert-OH is 1. The van der Waals surface area contributed by atoms with Gasteiger partial charge >= 0.3 is 0 Å². The van der Waals surface area contributed by atoms with Crippen molar-refractivity contribution in [2.75, 3.05) is 18.0 Å². The van der Waals surface area contributed by atoms with E-state index in [0.29, 0.717) is 12.5 Å². The van der Waals surface area contributed by atoms with E-state index in [2.05, 4.69) is 25.9 Å². The van der Waals surface area contributed by atoms with Gasteiger partial charge in [0, 0.05) is 37.0 Å². The number of anilines is 1. The van der Waals surface area contributed by atoms with Gasteiger partial charge in [0.05, 0.1) is 24.5 Å². The summed E-state index contributed by atoms with van der Waals surface area (Å²) in [6.45, 7) is 4.41. The van der Waals surface area contributed by atoms with E-state index < -0.39 is 0 Å². The number of hydrogen-bond donors (Lipinski definition) is 1. The van der Waals surface area contributed by atoms with Crippen LogP contribution in [0.4, 0.5) is 5.82 Å². The molecule has 1 aliphatic heterocycles. The molecule has 0 spiro atoms. The first kappa shape index (κ1) is 17.4. The van der Waals surface area contributed by atoms with Crippen molar-refractivity contribution in [3.8, 4) is 0 Å². The largest absolute Gasteiger partial charge is 0.393 e. The van der Waals surface area contributed by atoms with E-state index in [1.807, 2.05) is 25.1 Å². The summed E-state index contributed by atoms with van der Waals surface area (Å²) >= 11 is 0. The molecule has 6 heteroatoms. The molecule has 0 unspecified atom stereocenters. The summed E-state index contributed by atoms with van der Waals surface area (Å²) < 4.78 is 6.03. The minimum Gasteiger partial charge on any atom is -0.393 e. The Morgan fingerprint density at radius 2 is 2.00 bits per heavy atom. The highest BCUT2D eigenvalue weighted by molar-refractivity contribution is 5.41. The van der Waals surface area contributed by atoms with Crippen LogP contribution in [-0.4, -0.2) is 45.4 Å². The number of aromatic nitrogens is 3. The number of hydrogen-bond acceptors (Lipinski definition) is 6. The normalized spacial score (nSPS) is 23.7. The molecular formula is C20H26N4O2. The van der Waals surface area contributed by atoms with Crippen LogP contribution in [0.3, 0.4) is 0 Å². The smallest absolute Gasteiger partial charge is 0.132 e. The third kappa shape index (κ3) is 4.02. The predicted octanol–water partition coefficient (Wildman–Crippen LogP) is 2.60. The van der Waals surface area contributed by atoms with Gasteiger partial charge < -0.3 is 14.7 Å². The van der Waals surface area contributed by atoms with Gasteiger partial charge in [0.1, 0.15) is 11.6 Å². The molecule has 0 amide bonds. The molecule has 1 aliphatic carbocycles. The fourth-order valence-electron chi connectivity index (χ4n) is 3.71. The highest BCUT2D eigenvalue weighted by atomic mass is 16.5. The molecule has 3 heterocycles. The van der Waals surface area contributed by atoms with Crippen LogP contribution in [0.15, 0.2) is 30.5 Å². The van der Waals surface area contributed by atoms with Crippen molar-refractivity contribution < 1.29 is 9.84 Å². The predicted molar refractivity (Wildman–Crippen MR) is 99.0 cm³/mol. The van der Waals surface area contributed by atoms with Crippen LogP contribution in [0.2, 0.25) is 0 Å². The molecule has 2 aliphatic rings. The van der Waals surface area contributed by atoms with Gasteiger partial charge in [-0.1, -0.05) is 6.07 Å². The van der Waals surface area contributed by atoms with Crippen molar-refractivity contribution in [3.05, 3.63) is 47.7 Å². The number of piperidine rings is 1. The molecule has 1 saturated carbocycles. The quantitative estimate of drug-likeness (QED) is 0.890. The van der Waals surface area contributed by atoms with Crippen molar-refractivity contribution in [3.63, 3.8) is 0 Å². The first-order valence-corrected chi connectivity index (χ1v) is 9.47. The van der Waals surface area contributed by atoms with Crippen molar-refractivity contribution >= 4 is 5.82 Å². The maximum Gasteiger partial charge on any atom is 0.132 e. The monoisotopic (exact) mass is 354 g/mol. The van der Waals surface area contributed by atoms with E-state index in [9.17, 15) is 5.11 Å². The zero-order chi connectivity index (χ0) is 17.9. The Labute approximate surface area is 154 Å². The molecule has 2 aromatic rings. The molecule has 0 atom stereocenters. The first-order chi connectivity index (χ1) is 12.7. The average molecular weight is 354 g/mol. The number of aryl methyl sites for hydroxylation is 1. The van der Waals surface area contributed by atoms with Crippen LogP contribution in [0.5, 0.6) is 0 Å². The molecule has 0 bridgehead atoms. The Bertz CT molecular complexity index is 726. The van der Waals surface area contributed by atoms with Crippen LogP contribution in [0.25, 0.3) is 0 Å².